The molecule has 0 aromatic carbocycles. The van der Waals surface area contributed by atoms with Crippen LogP contribution in [-0.2, 0) is 11.3 Å². The van der Waals surface area contributed by atoms with Crippen molar-refractivity contribution in [3.63, 3.8) is 0 Å². The van der Waals surface area contributed by atoms with Crippen LogP contribution in [0.25, 0.3) is 0 Å². The number of hydrogen-bond donors (Lipinski definition) is 2. The molecular weight excluding hydrogens is 252 g/mol. The molecule has 0 saturated heterocycles. The van der Waals surface area contributed by atoms with Crippen LogP contribution in [0.3, 0.4) is 0 Å². The van der Waals surface area contributed by atoms with E-state index in [4.69, 9.17) is 4.74 Å². The van der Waals surface area contributed by atoms with Gasteiger partial charge in [0.1, 0.15) is 18.2 Å². The van der Waals surface area contributed by atoms with Gasteiger partial charge in [-0.3, -0.25) is 0 Å². The number of nitrogens with zero attached hydrogens (tertiary/aromatic N) is 2. The molecule has 2 rings (SSSR count). The van der Waals surface area contributed by atoms with Crippen LogP contribution in [0.5, 0.6) is 0 Å². The van der Waals surface area contributed by atoms with Crippen LogP contribution < -0.4 is 10.6 Å². The molecule has 0 spiro atoms. The van der Waals surface area contributed by atoms with E-state index in [2.05, 4.69) is 34.4 Å². The van der Waals surface area contributed by atoms with E-state index in [-0.39, 0.29) is 0 Å². The molecule has 0 radical (unpaired) electrons. The number of ether oxygens (including phenoxy) is 1. The van der Waals surface area contributed by atoms with Gasteiger partial charge in [0, 0.05) is 25.3 Å². The summed E-state index contributed by atoms with van der Waals surface area (Å²) >= 11 is 0. The Morgan fingerprint density at radius 1 is 1.30 bits per heavy atom. The lowest BCUT2D eigenvalue weighted by Gasteiger charge is -2.15. The summed E-state index contributed by atoms with van der Waals surface area (Å²) < 4.78 is 5.42. The lowest BCUT2D eigenvalue weighted by Crippen LogP contribution is -2.19. The van der Waals surface area contributed by atoms with Gasteiger partial charge >= 0.3 is 0 Å². The molecule has 112 valence electrons. The Hall–Kier alpha value is -1.36. The summed E-state index contributed by atoms with van der Waals surface area (Å²) in [7, 11) is 0. The number of aromatic nitrogens is 2. The summed E-state index contributed by atoms with van der Waals surface area (Å²) in [4.78, 5) is 9.03. The third kappa shape index (κ3) is 4.63. The monoisotopic (exact) mass is 278 g/mol. The molecule has 0 bridgehead atoms. The number of hydrogen-bond acceptors (Lipinski definition) is 5. The van der Waals surface area contributed by atoms with Crippen LogP contribution in [0.2, 0.25) is 0 Å². The topological polar surface area (TPSA) is 59.1 Å². The van der Waals surface area contributed by atoms with Crippen molar-refractivity contribution in [3.8, 4) is 0 Å². The molecule has 20 heavy (non-hydrogen) atoms. The highest BCUT2D eigenvalue weighted by molar-refractivity contribution is 5.48. The van der Waals surface area contributed by atoms with Gasteiger partial charge in [-0.2, -0.15) is 0 Å². The van der Waals surface area contributed by atoms with Crippen molar-refractivity contribution < 1.29 is 4.74 Å². The van der Waals surface area contributed by atoms with Gasteiger partial charge in [0.05, 0.1) is 0 Å². The minimum atomic E-state index is 0.463. The second-order valence-electron chi connectivity index (χ2n) is 5.39. The molecule has 1 saturated carbocycles. The average molecular weight is 278 g/mol. The van der Waals surface area contributed by atoms with Gasteiger partial charge in [-0.05, 0) is 39.0 Å². The predicted molar refractivity (Wildman–Crippen MR) is 82.0 cm³/mol. The quantitative estimate of drug-likeness (QED) is 0.727. The van der Waals surface area contributed by atoms with Crippen LogP contribution in [0.4, 0.5) is 11.6 Å². The van der Waals surface area contributed by atoms with Crippen molar-refractivity contribution >= 4 is 11.6 Å². The number of anilines is 2. The smallest absolute Gasteiger partial charge is 0.158 e. The van der Waals surface area contributed by atoms with E-state index in [9.17, 15) is 0 Å². The summed E-state index contributed by atoms with van der Waals surface area (Å²) in [6, 6.07) is 2.47. The second kappa shape index (κ2) is 7.43. The largest absolute Gasteiger partial charge is 0.374 e. The molecule has 0 aliphatic heterocycles. The van der Waals surface area contributed by atoms with Crippen molar-refractivity contribution in [1.29, 1.82) is 0 Å². The first-order valence-electron chi connectivity index (χ1n) is 7.69. The number of nitrogens with one attached hydrogen (secondary N) is 2. The molecule has 0 amide bonds. The van der Waals surface area contributed by atoms with Crippen LogP contribution in [0.15, 0.2) is 6.07 Å². The van der Waals surface area contributed by atoms with Gasteiger partial charge in [0.25, 0.3) is 0 Å². The Labute approximate surface area is 121 Å². The minimum absolute atomic E-state index is 0.463. The molecule has 5 nitrogen and oxygen atoms in total. The van der Waals surface area contributed by atoms with Crippen molar-refractivity contribution in [2.24, 2.45) is 5.92 Å². The van der Waals surface area contributed by atoms with Gasteiger partial charge < -0.3 is 15.4 Å². The first kappa shape index (κ1) is 15.0. The first-order valence-corrected chi connectivity index (χ1v) is 7.69. The molecule has 1 atom stereocenters. The normalized spacial score (nSPS) is 15.9. The summed E-state index contributed by atoms with van der Waals surface area (Å²) in [5.41, 5.74) is 0. The van der Waals surface area contributed by atoms with E-state index in [0.717, 1.165) is 36.3 Å². The molecule has 1 aliphatic rings. The molecule has 5 heteroatoms. The molecule has 1 unspecified atom stereocenters. The van der Waals surface area contributed by atoms with Gasteiger partial charge in [-0.15, -0.1) is 0 Å². The van der Waals surface area contributed by atoms with Crippen LogP contribution in [0.1, 0.15) is 45.9 Å². The standard InChI is InChI=1S/C15H26N4O/c1-4-8-16-13-9-14(17-11(3)12-6-7-12)19-15(18-13)10-20-5-2/h9,11-12H,4-8,10H2,1-3H3,(H2,16,17,18,19). The van der Waals surface area contributed by atoms with Crippen molar-refractivity contribution in [2.75, 3.05) is 23.8 Å². The van der Waals surface area contributed by atoms with Gasteiger partial charge in [0.2, 0.25) is 0 Å². The Balaban J connectivity index is 2.06. The highest BCUT2D eigenvalue weighted by Gasteiger charge is 2.28. The summed E-state index contributed by atoms with van der Waals surface area (Å²) in [5.74, 6) is 3.31. The summed E-state index contributed by atoms with van der Waals surface area (Å²) in [5, 5.41) is 6.81. The molecule has 2 N–H and O–H groups in total. The fourth-order valence-corrected chi connectivity index (χ4v) is 2.12. The minimum Gasteiger partial charge on any atom is -0.374 e. The summed E-state index contributed by atoms with van der Waals surface area (Å²) in [6.07, 6.45) is 3.73. The molecule has 1 fully saturated rings. The van der Waals surface area contributed by atoms with Gasteiger partial charge in [-0.1, -0.05) is 6.92 Å². The second-order valence-corrected chi connectivity index (χ2v) is 5.39. The van der Waals surface area contributed by atoms with E-state index >= 15 is 0 Å². The third-order valence-corrected chi connectivity index (χ3v) is 3.47. The Morgan fingerprint density at radius 3 is 2.70 bits per heavy atom. The maximum Gasteiger partial charge on any atom is 0.158 e. The Bertz CT molecular complexity index is 394. The third-order valence-electron chi connectivity index (χ3n) is 3.47. The highest BCUT2D eigenvalue weighted by Crippen LogP contribution is 2.33. The Kier molecular flexibility index (Phi) is 5.59. The predicted octanol–water partition coefficient (Wildman–Crippen LogP) is 3.05. The lowest BCUT2D eigenvalue weighted by molar-refractivity contribution is 0.128. The zero-order valence-corrected chi connectivity index (χ0v) is 12.8. The van der Waals surface area contributed by atoms with Gasteiger partial charge in [0.15, 0.2) is 5.82 Å². The van der Waals surface area contributed by atoms with E-state index in [1.165, 1.54) is 12.8 Å². The van der Waals surface area contributed by atoms with E-state index < -0.39 is 0 Å². The van der Waals surface area contributed by atoms with Crippen molar-refractivity contribution in [1.82, 2.24) is 9.97 Å². The maximum absolute atomic E-state index is 5.42. The van der Waals surface area contributed by atoms with E-state index in [1.54, 1.807) is 0 Å². The lowest BCUT2D eigenvalue weighted by atomic mass is 10.2. The molecular formula is C15H26N4O. The zero-order valence-electron chi connectivity index (χ0n) is 12.8. The molecule has 1 aromatic rings. The summed E-state index contributed by atoms with van der Waals surface area (Å²) in [6.45, 7) is 8.41. The fourth-order valence-electron chi connectivity index (χ4n) is 2.12. The SMILES string of the molecule is CCCNc1cc(NC(C)C2CC2)nc(COCC)n1. The Morgan fingerprint density at radius 2 is 2.05 bits per heavy atom. The molecule has 1 aliphatic carbocycles. The van der Waals surface area contributed by atoms with Crippen LogP contribution in [0, 0.1) is 5.92 Å². The first-order chi connectivity index (χ1) is 9.72. The van der Waals surface area contributed by atoms with Crippen molar-refractivity contribution in [2.45, 2.75) is 52.7 Å². The molecule has 1 aromatic heterocycles. The fraction of sp³-hybridized carbons (Fsp3) is 0.733. The highest BCUT2D eigenvalue weighted by atomic mass is 16.5. The molecule has 1 heterocycles. The van der Waals surface area contributed by atoms with Gasteiger partial charge in [-0.25, -0.2) is 9.97 Å². The van der Waals surface area contributed by atoms with Crippen LogP contribution in [-0.4, -0.2) is 29.2 Å². The zero-order chi connectivity index (χ0) is 14.4. The maximum atomic E-state index is 5.42. The number of rotatable bonds is 9. The van der Waals surface area contributed by atoms with Crippen molar-refractivity contribution in [3.05, 3.63) is 11.9 Å². The van der Waals surface area contributed by atoms with E-state index in [1.807, 2.05) is 13.0 Å². The van der Waals surface area contributed by atoms with E-state index in [0.29, 0.717) is 19.3 Å². The average Bonchev–Trinajstić information content (AvgIpc) is 3.27. The van der Waals surface area contributed by atoms with Crippen LogP contribution >= 0.6 is 0 Å².